The number of hydrogen-bond acceptors (Lipinski definition) is 0. The molecule has 0 radical (unpaired) electrons. The molecule has 0 saturated heterocycles. The minimum absolute atomic E-state index is 0.114. The summed E-state index contributed by atoms with van der Waals surface area (Å²) in [5.74, 6) is 2.11. The van der Waals surface area contributed by atoms with Crippen LogP contribution in [0.3, 0.4) is 0 Å². The summed E-state index contributed by atoms with van der Waals surface area (Å²) in [6, 6.07) is 18.4. The quantitative estimate of drug-likeness (QED) is 0.245. The Balaban J connectivity index is 0.000000329. The smallest absolute Gasteiger partial charge is 0.0258 e. The molecule has 0 N–H and O–H groups in total. The average molecular weight is 797 g/mol. The van der Waals surface area contributed by atoms with Gasteiger partial charge >= 0.3 is 0 Å². The lowest BCUT2D eigenvalue weighted by Gasteiger charge is -2.62. The summed E-state index contributed by atoms with van der Waals surface area (Å²) in [7, 11) is -0.628. The molecule has 2 aromatic carbocycles. The molecule has 0 nitrogen and oxygen atoms in total. The minimum atomic E-state index is -0.403. The number of hydrogen-bond donors (Lipinski definition) is 0. The van der Waals surface area contributed by atoms with Gasteiger partial charge in [0, 0.05) is 10.3 Å². The monoisotopic (exact) mass is 797 g/mol. The van der Waals surface area contributed by atoms with Crippen molar-refractivity contribution in [2.75, 3.05) is 0 Å². The Morgan fingerprint density at radius 1 is 0.643 bits per heavy atom. The van der Waals surface area contributed by atoms with Crippen molar-refractivity contribution < 1.29 is 0 Å². The molecule has 0 bridgehead atoms. The molecule has 4 rings (SSSR count). The molecule has 0 amide bonds. The van der Waals surface area contributed by atoms with E-state index >= 15 is 0 Å². The lowest BCUT2D eigenvalue weighted by molar-refractivity contribution is 0.395. The molecule has 3 atom stereocenters. The number of allylic oxidation sites excluding steroid dienone is 8. The van der Waals surface area contributed by atoms with Crippen molar-refractivity contribution in [3.05, 3.63) is 106 Å². The van der Waals surface area contributed by atoms with E-state index in [0.29, 0.717) is 34.0 Å². The average Bonchev–Trinajstić information content (AvgIpc) is 3.04. The minimum Gasteiger partial charge on any atom is -0.0847 e. The van der Waals surface area contributed by atoms with Crippen LogP contribution in [0.25, 0.3) is 11.1 Å². The van der Waals surface area contributed by atoms with Crippen molar-refractivity contribution in [3.63, 3.8) is 0 Å². The summed E-state index contributed by atoms with van der Waals surface area (Å²) in [4.78, 5) is 0. The molecule has 2 aliphatic carbocycles. The largest absolute Gasteiger partial charge is 0.0847 e. The van der Waals surface area contributed by atoms with Crippen LogP contribution in [0, 0.1) is 11.8 Å². The van der Waals surface area contributed by atoms with Gasteiger partial charge in [0.15, 0.2) is 0 Å². The van der Waals surface area contributed by atoms with Gasteiger partial charge in [-0.3, -0.25) is 0 Å². The van der Waals surface area contributed by atoms with Crippen molar-refractivity contribution >= 4 is 27.0 Å². The fourth-order valence-electron chi connectivity index (χ4n) is 11.7. The second-order valence-corrected chi connectivity index (χ2v) is 30.8. The first-order chi connectivity index (χ1) is 25.4. The van der Waals surface area contributed by atoms with Crippen LogP contribution >= 0.6 is 15.8 Å². The van der Waals surface area contributed by atoms with Crippen molar-refractivity contribution in [2.24, 2.45) is 11.8 Å². The van der Waals surface area contributed by atoms with E-state index < -0.39 is 7.92 Å². The van der Waals surface area contributed by atoms with Gasteiger partial charge in [0.1, 0.15) is 0 Å². The van der Waals surface area contributed by atoms with Gasteiger partial charge in [0.05, 0.1) is 0 Å². The molecule has 0 fully saturated rings. The Hall–Kier alpha value is -1.74. The zero-order valence-corrected chi connectivity index (χ0v) is 42.6. The van der Waals surface area contributed by atoms with E-state index in [-0.39, 0.29) is 28.5 Å². The van der Waals surface area contributed by atoms with Gasteiger partial charge < -0.3 is 0 Å². The van der Waals surface area contributed by atoms with Gasteiger partial charge in [-0.2, -0.15) is 0 Å². The SMILES string of the molecule is CC(C)(C)P(C(C)(C)C)C1(C)CC=CC=C1c1ccccc1.CC1=C(C)C(C)C(C(C)C)(P(C(C)(C)C)C(C)(C)C)C(c2ccc(C(C)C)cc2C(C)C)=C1C. The van der Waals surface area contributed by atoms with Crippen molar-refractivity contribution in [1.82, 2.24) is 0 Å². The maximum absolute atomic E-state index is 2.55. The third kappa shape index (κ3) is 9.65. The molecule has 2 heteroatoms. The van der Waals surface area contributed by atoms with Gasteiger partial charge in [-0.25, -0.2) is 0 Å². The third-order valence-corrected chi connectivity index (χ3v) is 21.5. The highest BCUT2D eigenvalue weighted by atomic mass is 31.1. The van der Waals surface area contributed by atoms with Crippen molar-refractivity contribution in [2.45, 2.75) is 208 Å². The Kier molecular flexibility index (Phi) is 15.2. The zero-order chi connectivity index (χ0) is 43.1. The van der Waals surface area contributed by atoms with Crippen LogP contribution in [0.2, 0.25) is 0 Å². The fraction of sp³-hybridized carbons (Fsp3) is 0.630. The lowest BCUT2D eigenvalue weighted by Crippen LogP contribution is -2.51. The molecule has 312 valence electrons. The molecule has 0 saturated carbocycles. The summed E-state index contributed by atoms with van der Waals surface area (Å²) in [5, 5.41) is 1.45. The Labute approximate surface area is 351 Å². The zero-order valence-electron chi connectivity index (χ0n) is 40.8. The van der Waals surface area contributed by atoms with Crippen LogP contribution < -0.4 is 0 Å². The second kappa shape index (κ2) is 17.5. The number of benzene rings is 2. The number of rotatable bonds is 7. The molecule has 2 aromatic rings. The lowest BCUT2D eigenvalue weighted by atomic mass is 9.65. The molecule has 2 aliphatic rings. The predicted molar refractivity (Wildman–Crippen MR) is 262 cm³/mol. The summed E-state index contributed by atoms with van der Waals surface area (Å²) in [5.41, 5.74) is 13.7. The van der Waals surface area contributed by atoms with E-state index in [1.807, 2.05) is 0 Å². The maximum atomic E-state index is 2.55. The van der Waals surface area contributed by atoms with E-state index in [0.717, 1.165) is 6.42 Å². The summed E-state index contributed by atoms with van der Waals surface area (Å²) >= 11 is 0. The summed E-state index contributed by atoms with van der Waals surface area (Å²) in [6.07, 6.45) is 8.10. The predicted octanol–water partition coefficient (Wildman–Crippen LogP) is 18.0. The van der Waals surface area contributed by atoms with E-state index in [1.54, 1.807) is 11.1 Å². The van der Waals surface area contributed by atoms with Crippen LogP contribution in [0.5, 0.6) is 0 Å². The van der Waals surface area contributed by atoms with Crippen LogP contribution in [0.1, 0.15) is 200 Å². The second-order valence-electron chi connectivity index (χ2n) is 22.4. The molecular formula is C54H86P2. The van der Waals surface area contributed by atoms with Gasteiger partial charge in [0.2, 0.25) is 0 Å². The normalized spacial score (nSPS) is 22.8. The first-order valence-electron chi connectivity index (χ1n) is 21.9. The van der Waals surface area contributed by atoms with E-state index in [9.17, 15) is 0 Å². The van der Waals surface area contributed by atoms with Crippen LogP contribution in [0.4, 0.5) is 0 Å². The highest BCUT2D eigenvalue weighted by Gasteiger charge is 2.58. The van der Waals surface area contributed by atoms with E-state index in [2.05, 4.69) is 226 Å². The summed E-state index contributed by atoms with van der Waals surface area (Å²) in [6.45, 7) is 56.3. The Morgan fingerprint density at radius 3 is 1.57 bits per heavy atom. The maximum Gasteiger partial charge on any atom is 0.0258 e. The van der Waals surface area contributed by atoms with Gasteiger partial charge in [-0.05, 0) is 116 Å². The Morgan fingerprint density at radius 2 is 1.14 bits per heavy atom. The highest BCUT2D eigenvalue weighted by molar-refractivity contribution is 7.63. The first-order valence-corrected chi connectivity index (χ1v) is 24.6. The van der Waals surface area contributed by atoms with Crippen LogP contribution in [0.15, 0.2) is 83.5 Å². The van der Waals surface area contributed by atoms with Crippen molar-refractivity contribution in [3.8, 4) is 0 Å². The van der Waals surface area contributed by atoms with Crippen LogP contribution in [-0.2, 0) is 0 Å². The molecule has 0 aliphatic heterocycles. The van der Waals surface area contributed by atoms with E-state index in [1.165, 1.54) is 39.0 Å². The molecule has 0 aromatic heterocycles. The molecule has 0 spiro atoms. The topological polar surface area (TPSA) is 0 Å². The molecule has 56 heavy (non-hydrogen) atoms. The molecule has 3 unspecified atom stereocenters. The summed E-state index contributed by atoms with van der Waals surface area (Å²) < 4.78 is 0. The van der Waals surface area contributed by atoms with Gasteiger partial charge in [-0.1, -0.05) is 227 Å². The standard InChI is InChI=1S/C33H55P.C21H31P/c1-20(2)27-17-18-28(29(19-27)21(3)4)30-25(9)23(7)24(8)26(10)33(30,22(5)6)34(31(11,12)13)32(14,15)16;1-19(2,3)22(20(4,5)6)21(7)16-12-11-15-18(21)17-13-9-8-10-14-17/h17-22,26H,1-16H3;8-15H,16H2,1-7H3. The fourth-order valence-corrected chi connectivity index (χ4v) is 23.2. The first kappa shape index (κ1) is 48.6. The molecular weight excluding hydrogens is 711 g/mol. The molecule has 0 heterocycles. The third-order valence-electron chi connectivity index (χ3n) is 12.9. The van der Waals surface area contributed by atoms with Crippen LogP contribution in [-0.4, -0.2) is 30.9 Å². The Bertz CT molecular complexity index is 1750. The highest BCUT2D eigenvalue weighted by Crippen LogP contribution is 2.77. The van der Waals surface area contributed by atoms with Gasteiger partial charge in [-0.15, -0.1) is 0 Å². The van der Waals surface area contributed by atoms with Crippen molar-refractivity contribution in [1.29, 1.82) is 0 Å². The van der Waals surface area contributed by atoms with Gasteiger partial charge in [0.25, 0.3) is 0 Å². The van der Waals surface area contributed by atoms with E-state index in [4.69, 9.17) is 0 Å².